The van der Waals surface area contributed by atoms with E-state index < -0.39 is 11.1 Å². The molecule has 1 amide bonds. The number of carbonyl (C=O) groups excluding carboxylic acids is 1. The summed E-state index contributed by atoms with van der Waals surface area (Å²) < 4.78 is 14.5. The number of carbonyl (C=O) groups is 1. The van der Waals surface area contributed by atoms with Gasteiger partial charge in [0, 0.05) is 29.9 Å². The van der Waals surface area contributed by atoms with E-state index in [1.165, 1.54) is 6.20 Å². The predicted octanol–water partition coefficient (Wildman–Crippen LogP) is 3.22. The molecule has 1 aliphatic heterocycles. The maximum Gasteiger partial charge on any atom is 0.229 e. The molecule has 138 valence electrons. The van der Waals surface area contributed by atoms with Crippen molar-refractivity contribution in [1.29, 1.82) is 5.26 Å². The van der Waals surface area contributed by atoms with Gasteiger partial charge in [0.1, 0.15) is 17.3 Å². The first-order chi connectivity index (χ1) is 12.4. The smallest absolute Gasteiger partial charge is 0.229 e. The number of aromatic amines is 1. The molecule has 6 heteroatoms. The number of likely N-dealkylation sites (tertiary alicyclic amines) is 1. The second-order valence-corrected chi connectivity index (χ2v) is 8.51. The third-order valence-electron chi connectivity index (χ3n) is 6.83. The Balaban J connectivity index is 1.66. The van der Waals surface area contributed by atoms with Crippen molar-refractivity contribution in [2.24, 2.45) is 11.3 Å². The molecule has 0 unspecified atom stereocenters. The molecule has 0 spiro atoms. The van der Waals surface area contributed by atoms with Crippen molar-refractivity contribution in [3.63, 3.8) is 0 Å². The molecule has 1 N–H and O–H groups in total. The number of amides is 1. The van der Waals surface area contributed by atoms with Gasteiger partial charge in [0.05, 0.1) is 6.04 Å². The normalized spacial score (nSPS) is 36.1. The summed E-state index contributed by atoms with van der Waals surface area (Å²) in [4.78, 5) is 30.8. The molecule has 2 bridgehead atoms. The maximum absolute atomic E-state index is 14.5. The molecule has 0 aromatic carbocycles. The summed E-state index contributed by atoms with van der Waals surface area (Å²) in [6.07, 6.45) is 6.96. The number of pyridine rings is 1. The van der Waals surface area contributed by atoms with E-state index in [4.69, 9.17) is 5.26 Å². The highest BCUT2D eigenvalue weighted by Crippen LogP contribution is 2.55. The van der Waals surface area contributed by atoms with Gasteiger partial charge in [-0.1, -0.05) is 6.92 Å². The number of hydrogen-bond donors (Lipinski definition) is 1. The summed E-state index contributed by atoms with van der Waals surface area (Å²) in [5, 5.41) is 9.14. The number of aromatic nitrogens is 1. The van der Waals surface area contributed by atoms with Crippen molar-refractivity contribution in [1.82, 2.24) is 9.88 Å². The number of halogens is 1. The molecule has 3 aliphatic carbocycles. The zero-order valence-corrected chi connectivity index (χ0v) is 15.1. The minimum Gasteiger partial charge on any atom is -0.366 e. The van der Waals surface area contributed by atoms with Crippen molar-refractivity contribution >= 4 is 5.91 Å². The minimum absolute atomic E-state index is 0.0742. The van der Waals surface area contributed by atoms with Crippen LogP contribution in [-0.4, -0.2) is 28.0 Å². The predicted molar refractivity (Wildman–Crippen MR) is 94.0 cm³/mol. The zero-order valence-electron chi connectivity index (χ0n) is 15.1. The second-order valence-electron chi connectivity index (χ2n) is 8.51. The van der Waals surface area contributed by atoms with Crippen LogP contribution in [0.15, 0.2) is 17.2 Å². The fraction of sp³-hybridized carbons (Fsp3) is 0.650. The van der Waals surface area contributed by atoms with Crippen LogP contribution >= 0.6 is 0 Å². The minimum atomic E-state index is -1.07. The molecule has 4 aliphatic rings. The molecule has 1 saturated heterocycles. The molecular weight excluding hydrogens is 333 g/mol. The topological polar surface area (TPSA) is 77.0 Å². The third kappa shape index (κ3) is 2.56. The molecule has 5 nitrogen and oxygen atoms in total. The number of H-pyrrole nitrogens is 1. The molecule has 26 heavy (non-hydrogen) atoms. The number of fused-ring (bicyclic) bond motifs is 3. The Bertz CT molecular complexity index is 816. The Labute approximate surface area is 152 Å². The van der Waals surface area contributed by atoms with Gasteiger partial charge in [-0.15, -0.1) is 0 Å². The number of nitriles is 1. The van der Waals surface area contributed by atoms with Gasteiger partial charge in [-0.2, -0.15) is 5.26 Å². The Hall–Kier alpha value is -2.16. The van der Waals surface area contributed by atoms with Crippen LogP contribution in [-0.2, 0) is 4.79 Å². The monoisotopic (exact) mass is 357 g/mol. The Morgan fingerprint density at radius 2 is 1.92 bits per heavy atom. The number of nitrogens with one attached hydrogen (secondary N) is 1. The lowest BCUT2D eigenvalue weighted by molar-refractivity contribution is -0.154. The number of nitrogens with zero attached hydrogens (tertiary/aromatic N) is 2. The van der Waals surface area contributed by atoms with Crippen LogP contribution < -0.4 is 5.43 Å². The summed E-state index contributed by atoms with van der Waals surface area (Å²) >= 11 is 0. The van der Waals surface area contributed by atoms with E-state index in [1.807, 2.05) is 11.0 Å². The molecule has 5 rings (SSSR count). The second kappa shape index (κ2) is 5.94. The van der Waals surface area contributed by atoms with Crippen LogP contribution in [0.25, 0.3) is 0 Å². The van der Waals surface area contributed by atoms with Crippen molar-refractivity contribution in [3.05, 3.63) is 33.7 Å². The number of rotatable bonds is 2. The SMILES string of the molecule is C[C@@H]1C[C@@H](c2c[nH]cc(C#N)c2=O)N(C(=O)C23CCC(F)(CC2)CC3)C1. The molecule has 1 aromatic heterocycles. The molecule has 1 aromatic rings. The fourth-order valence-corrected chi connectivity index (χ4v) is 5.16. The lowest BCUT2D eigenvalue weighted by atomic mass is 9.58. The number of alkyl halides is 1. The quantitative estimate of drug-likeness (QED) is 0.883. The van der Waals surface area contributed by atoms with Gasteiger partial charge < -0.3 is 9.88 Å². The summed E-state index contributed by atoms with van der Waals surface area (Å²) in [5.74, 6) is 0.369. The van der Waals surface area contributed by atoms with E-state index in [2.05, 4.69) is 11.9 Å². The molecule has 2 atom stereocenters. The highest BCUT2D eigenvalue weighted by Gasteiger charge is 2.55. The molecule has 2 heterocycles. The van der Waals surface area contributed by atoms with E-state index in [9.17, 15) is 14.0 Å². The maximum atomic E-state index is 14.5. The highest BCUT2D eigenvalue weighted by molar-refractivity contribution is 5.84. The molecule has 0 radical (unpaired) electrons. The van der Waals surface area contributed by atoms with E-state index in [0.717, 1.165) is 0 Å². The molecular formula is C20H24FN3O2. The van der Waals surface area contributed by atoms with Gasteiger partial charge in [-0.3, -0.25) is 9.59 Å². The summed E-state index contributed by atoms with van der Waals surface area (Å²) in [6, 6.07) is 1.62. The van der Waals surface area contributed by atoms with Crippen LogP contribution in [0.4, 0.5) is 4.39 Å². The van der Waals surface area contributed by atoms with Gasteiger partial charge in [0.2, 0.25) is 11.3 Å². The Morgan fingerprint density at radius 3 is 2.54 bits per heavy atom. The van der Waals surface area contributed by atoms with Crippen LogP contribution in [0, 0.1) is 22.7 Å². The summed E-state index contributed by atoms with van der Waals surface area (Å²) in [6.45, 7) is 2.69. The van der Waals surface area contributed by atoms with Crippen LogP contribution in [0.5, 0.6) is 0 Å². The van der Waals surface area contributed by atoms with Gasteiger partial charge in [-0.05, 0) is 50.9 Å². The first-order valence-electron chi connectivity index (χ1n) is 9.49. The lowest BCUT2D eigenvalue weighted by Gasteiger charge is -2.50. The first-order valence-corrected chi connectivity index (χ1v) is 9.49. The first kappa shape index (κ1) is 17.3. The van der Waals surface area contributed by atoms with E-state index in [-0.39, 0.29) is 28.9 Å². The van der Waals surface area contributed by atoms with Gasteiger partial charge >= 0.3 is 0 Å². The van der Waals surface area contributed by atoms with Crippen LogP contribution in [0.3, 0.4) is 0 Å². The summed E-state index contributed by atoms with van der Waals surface area (Å²) in [7, 11) is 0. The van der Waals surface area contributed by atoms with E-state index >= 15 is 0 Å². The molecule has 4 fully saturated rings. The largest absolute Gasteiger partial charge is 0.366 e. The Kier molecular flexibility index (Phi) is 3.94. The van der Waals surface area contributed by atoms with Crippen molar-refractivity contribution in [2.75, 3.05) is 6.54 Å². The fourth-order valence-electron chi connectivity index (χ4n) is 5.16. The van der Waals surface area contributed by atoms with Crippen LogP contribution in [0.1, 0.15) is 69.0 Å². The lowest BCUT2D eigenvalue weighted by Crippen LogP contribution is -2.52. The standard InChI is InChI=1S/C20H24FN3O2/c1-13-8-16(15-11-23-10-14(9-22)17(15)25)24(12-13)18(26)19-2-5-20(21,6-3-19)7-4-19/h10-11,13,16H,2-8,12H2,1H3,(H,23,25)/t13-,16+,19?,20?/m1/s1. The average Bonchev–Trinajstić information content (AvgIpc) is 3.03. The Morgan fingerprint density at radius 1 is 1.27 bits per heavy atom. The molecule has 3 saturated carbocycles. The van der Waals surface area contributed by atoms with Crippen molar-refractivity contribution in [2.45, 2.75) is 63.6 Å². The van der Waals surface area contributed by atoms with Gasteiger partial charge in [-0.25, -0.2) is 4.39 Å². The van der Waals surface area contributed by atoms with Crippen molar-refractivity contribution in [3.8, 4) is 6.07 Å². The van der Waals surface area contributed by atoms with Gasteiger partial charge in [0.25, 0.3) is 0 Å². The summed E-state index contributed by atoms with van der Waals surface area (Å²) in [5.41, 5.74) is -1.27. The third-order valence-corrected chi connectivity index (χ3v) is 6.83. The highest BCUT2D eigenvalue weighted by atomic mass is 19.1. The van der Waals surface area contributed by atoms with Crippen LogP contribution in [0.2, 0.25) is 0 Å². The van der Waals surface area contributed by atoms with Gasteiger partial charge in [0.15, 0.2) is 0 Å². The van der Waals surface area contributed by atoms with Crippen molar-refractivity contribution < 1.29 is 9.18 Å². The van der Waals surface area contributed by atoms with E-state index in [0.29, 0.717) is 57.1 Å². The average molecular weight is 357 g/mol. The van der Waals surface area contributed by atoms with E-state index in [1.54, 1.807) is 6.20 Å². The number of hydrogen-bond acceptors (Lipinski definition) is 3. The zero-order chi connectivity index (χ0) is 18.5.